The van der Waals surface area contributed by atoms with Crippen molar-refractivity contribution in [1.29, 1.82) is 0 Å². The fourth-order valence-corrected chi connectivity index (χ4v) is 7.76. The average molecular weight is 557 g/mol. The van der Waals surface area contributed by atoms with Crippen molar-refractivity contribution in [2.45, 2.75) is 57.8 Å². The van der Waals surface area contributed by atoms with Crippen molar-refractivity contribution in [3.63, 3.8) is 0 Å². The normalized spacial score (nSPS) is 28.0. The van der Waals surface area contributed by atoms with Crippen LogP contribution in [0.25, 0.3) is 0 Å². The molecule has 0 radical (unpaired) electrons. The van der Waals surface area contributed by atoms with Crippen molar-refractivity contribution in [2.75, 3.05) is 13.2 Å². The Kier molecular flexibility index (Phi) is 7.43. The van der Waals surface area contributed by atoms with Gasteiger partial charge < -0.3 is 19.7 Å². The third-order valence-corrected chi connectivity index (χ3v) is 10.2. The second-order valence-electron chi connectivity index (χ2n) is 12.9. The van der Waals surface area contributed by atoms with E-state index in [9.17, 15) is 19.8 Å². The first-order valence-corrected chi connectivity index (χ1v) is 15.0. The van der Waals surface area contributed by atoms with Crippen LogP contribution >= 0.6 is 0 Å². The summed E-state index contributed by atoms with van der Waals surface area (Å²) in [5.74, 6) is 1.23. The zero-order valence-corrected chi connectivity index (χ0v) is 23.9. The summed E-state index contributed by atoms with van der Waals surface area (Å²) in [7, 11) is 0. The van der Waals surface area contributed by atoms with Crippen molar-refractivity contribution in [1.82, 2.24) is 0 Å². The van der Waals surface area contributed by atoms with Crippen molar-refractivity contribution in [2.24, 2.45) is 35.5 Å². The summed E-state index contributed by atoms with van der Waals surface area (Å²) in [5, 5.41) is 18.7. The molecule has 4 aliphatic carbocycles. The van der Waals surface area contributed by atoms with Gasteiger partial charge in [0.1, 0.15) is 11.5 Å². The number of carboxylic acids is 2. The van der Waals surface area contributed by atoms with Crippen LogP contribution in [0.4, 0.5) is 0 Å². The third kappa shape index (κ3) is 5.53. The van der Waals surface area contributed by atoms with E-state index in [0.29, 0.717) is 25.0 Å². The number of fused-ring (bicyclic) bond motifs is 4. The Balaban J connectivity index is 0.974. The summed E-state index contributed by atoms with van der Waals surface area (Å²) in [6.07, 6.45) is 9.62. The molecule has 0 aliphatic heterocycles. The SMILES string of the molecule is CC(C)(c1ccc(OCCC2=CC3CC2CC3C(=O)O)cc1)c1ccc(OCCC2=CC3CC2CC3C(=O)O)cc1. The highest BCUT2D eigenvalue weighted by atomic mass is 16.5. The molecule has 6 unspecified atom stereocenters. The number of hydrogen-bond donors (Lipinski definition) is 2. The Labute approximate surface area is 242 Å². The van der Waals surface area contributed by atoms with Gasteiger partial charge in [0.05, 0.1) is 25.0 Å². The zero-order valence-electron chi connectivity index (χ0n) is 23.9. The van der Waals surface area contributed by atoms with Crippen LogP contribution < -0.4 is 9.47 Å². The number of rotatable bonds is 12. The van der Waals surface area contributed by atoms with E-state index < -0.39 is 11.9 Å². The van der Waals surface area contributed by atoms with E-state index in [1.54, 1.807) is 0 Å². The second kappa shape index (κ2) is 11.0. The van der Waals surface area contributed by atoms with Gasteiger partial charge in [-0.25, -0.2) is 0 Å². The third-order valence-electron chi connectivity index (χ3n) is 10.2. The smallest absolute Gasteiger partial charge is 0.307 e. The molecule has 2 N–H and O–H groups in total. The molecule has 0 aromatic heterocycles. The van der Waals surface area contributed by atoms with Crippen LogP contribution in [0, 0.1) is 35.5 Å². The van der Waals surface area contributed by atoms with Crippen molar-refractivity contribution in [3.8, 4) is 11.5 Å². The number of aliphatic carboxylic acids is 2. The molecule has 4 bridgehead atoms. The fraction of sp³-hybridized carbons (Fsp3) is 0.486. The molecular formula is C35H40O6. The number of hydrogen-bond acceptors (Lipinski definition) is 4. The lowest BCUT2D eigenvalue weighted by Gasteiger charge is -2.26. The van der Waals surface area contributed by atoms with Gasteiger partial charge in [-0.3, -0.25) is 9.59 Å². The van der Waals surface area contributed by atoms with Crippen LogP contribution in [0.5, 0.6) is 11.5 Å². The molecule has 0 spiro atoms. The molecule has 2 aromatic carbocycles. The highest BCUT2D eigenvalue weighted by Gasteiger charge is 2.44. The van der Waals surface area contributed by atoms with Gasteiger partial charge in [0.15, 0.2) is 0 Å². The van der Waals surface area contributed by atoms with Gasteiger partial charge in [-0.2, -0.15) is 0 Å². The molecule has 0 saturated heterocycles. The summed E-state index contributed by atoms with van der Waals surface area (Å²) >= 11 is 0. The van der Waals surface area contributed by atoms with Crippen molar-refractivity contribution < 1.29 is 29.3 Å². The molecule has 6 nitrogen and oxygen atoms in total. The zero-order chi connectivity index (χ0) is 28.7. The van der Waals surface area contributed by atoms with Gasteiger partial charge in [-0.15, -0.1) is 0 Å². The summed E-state index contributed by atoms with van der Waals surface area (Å²) in [6, 6.07) is 16.7. The molecule has 6 heteroatoms. The van der Waals surface area contributed by atoms with Crippen LogP contribution in [-0.4, -0.2) is 35.4 Å². The van der Waals surface area contributed by atoms with Gasteiger partial charge in [0.2, 0.25) is 0 Å². The van der Waals surface area contributed by atoms with Gasteiger partial charge in [-0.1, -0.05) is 61.4 Å². The van der Waals surface area contributed by atoms with Gasteiger partial charge in [0, 0.05) is 18.3 Å². The Morgan fingerprint density at radius 3 is 1.39 bits per heavy atom. The molecule has 0 amide bonds. The number of carboxylic acid groups (broad SMARTS) is 2. The second-order valence-corrected chi connectivity index (χ2v) is 12.9. The van der Waals surface area contributed by atoms with Crippen LogP contribution in [0.1, 0.15) is 63.5 Å². The lowest BCUT2D eigenvalue weighted by Crippen LogP contribution is -2.19. The maximum absolute atomic E-state index is 11.3. The first-order chi connectivity index (χ1) is 19.7. The predicted molar refractivity (Wildman–Crippen MR) is 156 cm³/mol. The molecule has 4 aliphatic rings. The minimum Gasteiger partial charge on any atom is -0.493 e. The molecule has 6 rings (SSSR count). The lowest BCUT2D eigenvalue weighted by atomic mass is 9.78. The van der Waals surface area contributed by atoms with Gasteiger partial charge in [0.25, 0.3) is 0 Å². The maximum atomic E-state index is 11.3. The molecule has 216 valence electrons. The van der Waals surface area contributed by atoms with E-state index in [4.69, 9.17) is 9.47 Å². The minimum absolute atomic E-state index is 0.180. The van der Waals surface area contributed by atoms with Gasteiger partial charge >= 0.3 is 11.9 Å². The van der Waals surface area contributed by atoms with Gasteiger partial charge in [-0.05, 0) is 84.7 Å². The van der Waals surface area contributed by atoms with Crippen molar-refractivity contribution >= 4 is 11.9 Å². The highest BCUT2D eigenvalue weighted by Crippen LogP contribution is 2.49. The number of ether oxygens (including phenoxy) is 2. The lowest BCUT2D eigenvalue weighted by molar-refractivity contribution is -0.143. The Bertz CT molecular complexity index is 1250. The predicted octanol–water partition coefficient (Wildman–Crippen LogP) is 6.88. The summed E-state index contributed by atoms with van der Waals surface area (Å²) < 4.78 is 12.1. The molecule has 2 aromatic rings. The molecular weight excluding hydrogens is 516 g/mol. The Morgan fingerprint density at radius 2 is 1.07 bits per heavy atom. The van der Waals surface area contributed by atoms with Crippen LogP contribution in [0.2, 0.25) is 0 Å². The van der Waals surface area contributed by atoms with E-state index in [0.717, 1.165) is 50.0 Å². The molecule has 2 saturated carbocycles. The molecule has 6 atom stereocenters. The van der Waals surface area contributed by atoms with Crippen LogP contribution in [0.15, 0.2) is 71.8 Å². The van der Waals surface area contributed by atoms with E-state index >= 15 is 0 Å². The van der Waals surface area contributed by atoms with E-state index in [-0.39, 0.29) is 29.1 Å². The maximum Gasteiger partial charge on any atom is 0.307 e. The van der Waals surface area contributed by atoms with E-state index in [1.165, 1.54) is 22.3 Å². The fourth-order valence-electron chi connectivity index (χ4n) is 7.76. The van der Waals surface area contributed by atoms with Crippen LogP contribution in [0.3, 0.4) is 0 Å². The molecule has 0 heterocycles. The number of allylic oxidation sites excluding steroid dienone is 2. The average Bonchev–Trinajstić information content (AvgIpc) is 3.75. The minimum atomic E-state index is -0.657. The summed E-state index contributed by atoms with van der Waals surface area (Å²) in [5.41, 5.74) is 4.97. The largest absolute Gasteiger partial charge is 0.493 e. The standard InChI is InChI=1S/C35H40O6/c1-35(2,27-3-7-29(8-4-27)40-13-11-21-15-25-17-23(21)19-31(25)33(36)37)28-5-9-30(10-6-28)41-14-12-22-16-26-18-24(22)20-32(26)34(38)39/h3-10,15-16,23-26,31-32H,11-14,17-20H2,1-2H3,(H,36,37)(H,38,39). The Morgan fingerprint density at radius 1 is 0.683 bits per heavy atom. The quantitative estimate of drug-likeness (QED) is 0.277. The number of carbonyl (C=O) groups is 2. The summed E-state index contributed by atoms with van der Waals surface area (Å²) in [6.45, 7) is 5.66. The molecule has 41 heavy (non-hydrogen) atoms. The van der Waals surface area contributed by atoms with Crippen molar-refractivity contribution in [3.05, 3.63) is 83.0 Å². The molecule has 2 fully saturated rings. The topological polar surface area (TPSA) is 93.1 Å². The highest BCUT2D eigenvalue weighted by molar-refractivity contribution is 5.72. The Hall–Kier alpha value is -3.54. The van der Waals surface area contributed by atoms with Crippen LogP contribution in [-0.2, 0) is 15.0 Å². The van der Waals surface area contributed by atoms with E-state index in [2.05, 4.69) is 50.3 Å². The van der Waals surface area contributed by atoms with E-state index in [1.807, 2.05) is 24.3 Å². The first-order valence-electron chi connectivity index (χ1n) is 15.0. The monoisotopic (exact) mass is 556 g/mol. The number of benzene rings is 2. The first kappa shape index (κ1) is 27.6. The summed E-state index contributed by atoms with van der Waals surface area (Å²) in [4.78, 5) is 22.7.